The van der Waals surface area contributed by atoms with Crippen LogP contribution in [0, 0.1) is 0 Å². The van der Waals surface area contributed by atoms with E-state index in [1.807, 2.05) is 37.3 Å². The standard InChI is InChI=1S/C9H13FSi/c1-2-8-11(10)9-6-4-3-5-7-9/h3-7,11H,2,8H2,1H3. The average Bonchev–Trinajstić information content (AvgIpc) is 2.07. The molecule has 0 aliphatic heterocycles. The first-order valence-corrected chi connectivity index (χ1v) is 5.86. The van der Waals surface area contributed by atoms with Crippen LogP contribution in [0.25, 0.3) is 0 Å². The third-order valence-electron chi connectivity index (χ3n) is 1.70. The number of hydrogen-bond acceptors (Lipinski definition) is 0. The smallest absolute Gasteiger partial charge is 0.262 e. The second-order valence-corrected chi connectivity index (χ2v) is 4.85. The maximum atomic E-state index is 13.3. The molecule has 60 valence electrons. The Morgan fingerprint density at radius 2 is 1.91 bits per heavy atom. The fourth-order valence-electron chi connectivity index (χ4n) is 1.08. The molecule has 0 N–H and O–H groups in total. The summed E-state index contributed by atoms with van der Waals surface area (Å²) in [5, 5.41) is 0.939. The maximum absolute atomic E-state index is 13.3. The first-order chi connectivity index (χ1) is 5.34. The van der Waals surface area contributed by atoms with Gasteiger partial charge in [-0.15, -0.1) is 0 Å². The van der Waals surface area contributed by atoms with Gasteiger partial charge >= 0.3 is 0 Å². The van der Waals surface area contributed by atoms with Crippen molar-refractivity contribution < 1.29 is 4.11 Å². The second kappa shape index (κ2) is 4.29. The van der Waals surface area contributed by atoms with E-state index in [1.54, 1.807) is 0 Å². The molecule has 1 rings (SSSR count). The van der Waals surface area contributed by atoms with Gasteiger partial charge in [-0.2, -0.15) is 0 Å². The molecule has 0 radical (unpaired) electrons. The molecule has 0 saturated carbocycles. The highest BCUT2D eigenvalue weighted by molar-refractivity contribution is 6.66. The minimum absolute atomic E-state index is 0.768. The van der Waals surface area contributed by atoms with Crippen molar-refractivity contribution in [3.8, 4) is 0 Å². The molecule has 0 heterocycles. The average molecular weight is 168 g/mol. The first kappa shape index (κ1) is 8.46. The lowest BCUT2D eigenvalue weighted by Crippen LogP contribution is -2.24. The van der Waals surface area contributed by atoms with Gasteiger partial charge in [0.2, 0.25) is 0 Å². The van der Waals surface area contributed by atoms with Gasteiger partial charge in [-0.25, -0.2) is 0 Å². The Morgan fingerprint density at radius 3 is 2.45 bits per heavy atom. The molecule has 0 aromatic heterocycles. The molecule has 0 bridgehead atoms. The Hall–Kier alpha value is -0.633. The van der Waals surface area contributed by atoms with Gasteiger partial charge in [0.1, 0.15) is 0 Å². The topological polar surface area (TPSA) is 0 Å². The van der Waals surface area contributed by atoms with Gasteiger partial charge in [0.05, 0.1) is 0 Å². The van der Waals surface area contributed by atoms with Gasteiger partial charge in [0, 0.05) is 0 Å². The van der Waals surface area contributed by atoms with Gasteiger partial charge in [-0.05, 0) is 11.2 Å². The maximum Gasteiger partial charge on any atom is 0.262 e. The summed E-state index contributed by atoms with van der Waals surface area (Å²) in [4.78, 5) is 0. The molecular weight excluding hydrogens is 155 g/mol. The highest BCUT2D eigenvalue weighted by Crippen LogP contribution is 1.98. The number of halogens is 1. The quantitative estimate of drug-likeness (QED) is 0.478. The van der Waals surface area contributed by atoms with Crippen molar-refractivity contribution in [2.45, 2.75) is 19.4 Å². The lowest BCUT2D eigenvalue weighted by molar-refractivity contribution is 0.823. The Morgan fingerprint density at radius 1 is 1.27 bits per heavy atom. The summed E-state index contributed by atoms with van der Waals surface area (Å²) in [6, 6.07) is 10.3. The monoisotopic (exact) mass is 168 g/mol. The molecule has 0 amide bonds. The van der Waals surface area contributed by atoms with Crippen molar-refractivity contribution in [2.75, 3.05) is 0 Å². The zero-order valence-corrected chi connectivity index (χ0v) is 7.91. The molecular formula is C9H13FSi. The lowest BCUT2D eigenvalue weighted by Gasteiger charge is -2.02. The zero-order chi connectivity index (χ0) is 8.10. The molecule has 2 heteroatoms. The Bertz CT molecular complexity index is 198. The van der Waals surface area contributed by atoms with Crippen LogP contribution in [0.5, 0.6) is 0 Å². The number of rotatable bonds is 3. The van der Waals surface area contributed by atoms with Crippen LogP contribution >= 0.6 is 0 Å². The zero-order valence-electron chi connectivity index (χ0n) is 6.76. The summed E-state index contributed by atoms with van der Waals surface area (Å²) >= 11 is 0. The molecule has 0 spiro atoms. The Balaban J connectivity index is 2.61. The summed E-state index contributed by atoms with van der Waals surface area (Å²) < 4.78 is 13.3. The van der Waals surface area contributed by atoms with Gasteiger partial charge in [-0.3, -0.25) is 0 Å². The van der Waals surface area contributed by atoms with Crippen molar-refractivity contribution >= 4 is 14.3 Å². The predicted octanol–water partition coefficient (Wildman–Crippen LogP) is 2.00. The SMILES string of the molecule is CCC[SiH](F)c1ccccc1. The summed E-state index contributed by atoms with van der Waals surface area (Å²) in [6.07, 6.45) is 0.961. The second-order valence-electron chi connectivity index (χ2n) is 2.67. The van der Waals surface area contributed by atoms with E-state index < -0.39 is 9.13 Å². The Labute approximate surface area is 68.8 Å². The third-order valence-corrected chi connectivity index (χ3v) is 3.90. The molecule has 0 nitrogen and oxygen atoms in total. The molecule has 1 unspecified atom stereocenters. The molecule has 1 aromatic rings. The van der Waals surface area contributed by atoms with Crippen LogP contribution in [-0.4, -0.2) is 9.13 Å². The van der Waals surface area contributed by atoms with Crippen molar-refractivity contribution in [1.82, 2.24) is 0 Å². The molecule has 0 aliphatic carbocycles. The summed E-state index contributed by atoms with van der Waals surface area (Å²) in [6.45, 7) is 2.03. The van der Waals surface area contributed by atoms with Gasteiger partial charge < -0.3 is 4.11 Å². The normalized spacial score (nSPS) is 12.9. The van der Waals surface area contributed by atoms with E-state index in [-0.39, 0.29) is 0 Å². The van der Waals surface area contributed by atoms with Crippen LogP contribution in [0.1, 0.15) is 13.3 Å². The highest BCUT2D eigenvalue weighted by Gasteiger charge is 2.09. The number of hydrogen-bond donors (Lipinski definition) is 0. The van der Waals surface area contributed by atoms with Crippen molar-refractivity contribution in [3.63, 3.8) is 0 Å². The van der Waals surface area contributed by atoms with E-state index in [4.69, 9.17) is 0 Å². The first-order valence-electron chi connectivity index (χ1n) is 4.03. The lowest BCUT2D eigenvalue weighted by atomic mass is 10.4. The Kier molecular flexibility index (Phi) is 3.30. The van der Waals surface area contributed by atoms with Gasteiger partial charge in [0.25, 0.3) is 9.13 Å². The van der Waals surface area contributed by atoms with Crippen LogP contribution < -0.4 is 5.19 Å². The fourth-order valence-corrected chi connectivity index (χ4v) is 2.56. The highest BCUT2D eigenvalue weighted by atomic mass is 28.3. The van der Waals surface area contributed by atoms with E-state index in [0.717, 1.165) is 17.7 Å². The molecule has 1 aromatic carbocycles. The summed E-state index contributed by atoms with van der Waals surface area (Å²) in [5.41, 5.74) is 0. The van der Waals surface area contributed by atoms with E-state index in [0.29, 0.717) is 0 Å². The number of benzene rings is 1. The minimum atomic E-state index is -2.06. The predicted molar refractivity (Wildman–Crippen MR) is 49.4 cm³/mol. The molecule has 0 fully saturated rings. The van der Waals surface area contributed by atoms with Crippen LogP contribution in [0.15, 0.2) is 30.3 Å². The molecule has 0 aliphatic rings. The van der Waals surface area contributed by atoms with Crippen LogP contribution in [0.3, 0.4) is 0 Å². The van der Waals surface area contributed by atoms with E-state index >= 15 is 0 Å². The summed E-state index contributed by atoms with van der Waals surface area (Å²) in [7, 11) is -2.06. The van der Waals surface area contributed by atoms with Crippen molar-refractivity contribution in [3.05, 3.63) is 30.3 Å². The van der Waals surface area contributed by atoms with Gasteiger partial charge in [0.15, 0.2) is 0 Å². The van der Waals surface area contributed by atoms with Crippen molar-refractivity contribution in [1.29, 1.82) is 0 Å². The van der Waals surface area contributed by atoms with E-state index in [9.17, 15) is 4.11 Å². The molecule has 1 atom stereocenters. The molecule has 0 saturated heterocycles. The van der Waals surface area contributed by atoms with E-state index in [2.05, 4.69) is 0 Å². The fraction of sp³-hybridized carbons (Fsp3) is 0.333. The van der Waals surface area contributed by atoms with Crippen LogP contribution in [0.2, 0.25) is 6.04 Å². The molecule has 11 heavy (non-hydrogen) atoms. The minimum Gasteiger partial charge on any atom is -0.312 e. The van der Waals surface area contributed by atoms with Crippen LogP contribution in [0.4, 0.5) is 4.11 Å². The van der Waals surface area contributed by atoms with Crippen LogP contribution in [-0.2, 0) is 0 Å². The third kappa shape index (κ3) is 2.46. The largest absolute Gasteiger partial charge is 0.312 e. The van der Waals surface area contributed by atoms with E-state index in [1.165, 1.54) is 0 Å². The summed E-state index contributed by atoms with van der Waals surface area (Å²) in [5.74, 6) is 0. The van der Waals surface area contributed by atoms with Crippen molar-refractivity contribution in [2.24, 2.45) is 0 Å². The van der Waals surface area contributed by atoms with Gasteiger partial charge in [-0.1, -0.05) is 43.7 Å².